The monoisotopic (exact) mass is 480 g/mol. The topological polar surface area (TPSA) is 85.7 Å². The number of imidazole rings is 1. The molecule has 1 aliphatic rings. The maximum atomic E-state index is 13.3. The Labute approximate surface area is 203 Å². The summed E-state index contributed by atoms with van der Waals surface area (Å²) in [5.41, 5.74) is 2.17. The highest BCUT2D eigenvalue weighted by Crippen LogP contribution is 2.39. The summed E-state index contributed by atoms with van der Waals surface area (Å²) >= 11 is 1.37. The van der Waals surface area contributed by atoms with Gasteiger partial charge in [0.25, 0.3) is 5.91 Å². The summed E-state index contributed by atoms with van der Waals surface area (Å²) in [5, 5.41) is 3.65. The predicted octanol–water partition coefficient (Wildman–Crippen LogP) is 4.15. The number of aryl methyl sites for hydroxylation is 1. The van der Waals surface area contributed by atoms with Crippen LogP contribution in [0.15, 0.2) is 60.0 Å². The molecule has 1 saturated heterocycles. The molecule has 9 heteroatoms. The van der Waals surface area contributed by atoms with Gasteiger partial charge in [-0.25, -0.2) is 4.98 Å². The fourth-order valence-corrected chi connectivity index (χ4v) is 4.85. The fraction of sp³-hybridized carbons (Fsp3) is 0.320. The van der Waals surface area contributed by atoms with Crippen molar-refractivity contribution < 1.29 is 19.1 Å². The van der Waals surface area contributed by atoms with Crippen molar-refractivity contribution in [3.05, 3.63) is 66.0 Å². The summed E-state index contributed by atoms with van der Waals surface area (Å²) in [6.07, 6.45) is 5.31. The number of benzene rings is 2. The Bertz CT molecular complexity index is 1160. The molecule has 0 saturated carbocycles. The lowest BCUT2D eigenvalue weighted by Gasteiger charge is -2.27. The van der Waals surface area contributed by atoms with Crippen LogP contribution in [0.4, 0.5) is 5.69 Å². The van der Waals surface area contributed by atoms with Gasteiger partial charge in [-0.2, -0.15) is 0 Å². The summed E-state index contributed by atoms with van der Waals surface area (Å²) in [4.78, 5) is 31.7. The first kappa shape index (κ1) is 23.7. The van der Waals surface area contributed by atoms with Crippen molar-refractivity contribution in [3.8, 4) is 11.5 Å². The predicted molar refractivity (Wildman–Crippen MR) is 132 cm³/mol. The molecule has 2 aromatic carbocycles. The summed E-state index contributed by atoms with van der Waals surface area (Å²) in [7, 11) is 5.15. The fourth-order valence-electron chi connectivity index (χ4n) is 4.11. The highest BCUT2D eigenvalue weighted by molar-refractivity contribution is 7.99. The van der Waals surface area contributed by atoms with Gasteiger partial charge >= 0.3 is 0 Å². The van der Waals surface area contributed by atoms with E-state index < -0.39 is 0 Å². The van der Waals surface area contributed by atoms with Gasteiger partial charge in [0.15, 0.2) is 5.16 Å². The summed E-state index contributed by atoms with van der Waals surface area (Å²) in [6, 6.07) is 12.6. The zero-order chi connectivity index (χ0) is 24.1. The third-order valence-corrected chi connectivity index (χ3v) is 6.89. The van der Waals surface area contributed by atoms with Crippen molar-refractivity contribution in [3.63, 3.8) is 0 Å². The third-order valence-electron chi connectivity index (χ3n) is 5.83. The van der Waals surface area contributed by atoms with Crippen LogP contribution < -0.4 is 14.8 Å². The van der Waals surface area contributed by atoms with Gasteiger partial charge in [0.2, 0.25) is 5.91 Å². The second-order valence-corrected chi connectivity index (χ2v) is 8.94. The average Bonchev–Trinajstić information content (AvgIpc) is 3.51. The van der Waals surface area contributed by atoms with Gasteiger partial charge in [0.05, 0.1) is 26.0 Å². The SMILES string of the molecule is COc1ccc(OC)c([C@H]2CCCN2C(=O)c2ccc(NC(=O)CSc3nccn3C)cc2)c1. The smallest absolute Gasteiger partial charge is 0.254 e. The number of nitrogens with one attached hydrogen (secondary N) is 1. The number of carbonyl (C=O) groups excluding carboxylic acids is 2. The number of hydrogen-bond donors (Lipinski definition) is 1. The number of likely N-dealkylation sites (tertiary alicyclic amines) is 1. The first-order chi connectivity index (χ1) is 16.5. The van der Waals surface area contributed by atoms with Gasteiger partial charge < -0.3 is 24.3 Å². The number of aromatic nitrogens is 2. The molecule has 2 amide bonds. The van der Waals surface area contributed by atoms with E-state index in [1.165, 1.54) is 11.8 Å². The summed E-state index contributed by atoms with van der Waals surface area (Å²) in [6.45, 7) is 0.673. The van der Waals surface area contributed by atoms with Crippen LogP contribution in [0, 0.1) is 0 Å². The highest BCUT2D eigenvalue weighted by atomic mass is 32.2. The van der Waals surface area contributed by atoms with Gasteiger partial charge in [-0.1, -0.05) is 11.8 Å². The molecule has 0 spiro atoms. The zero-order valence-corrected chi connectivity index (χ0v) is 20.3. The maximum absolute atomic E-state index is 13.3. The largest absolute Gasteiger partial charge is 0.497 e. The number of hydrogen-bond acceptors (Lipinski definition) is 6. The Balaban J connectivity index is 1.42. The van der Waals surface area contributed by atoms with Crippen molar-refractivity contribution in [1.29, 1.82) is 0 Å². The van der Waals surface area contributed by atoms with Gasteiger partial charge in [-0.15, -0.1) is 0 Å². The van der Waals surface area contributed by atoms with E-state index in [0.717, 1.165) is 35.1 Å². The molecule has 1 aromatic heterocycles. The lowest BCUT2D eigenvalue weighted by atomic mass is 10.0. The molecule has 178 valence electrons. The van der Waals surface area contributed by atoms with Crippen LogP contribution in [-0.2, 0) is 11.8 Å². The van der Waals surface area contributed by atoms with Gasteiger partial charge in [-0.3, -0.25) is 9.59 Å². The van der Waals surface area contributed by atoms with Crippen LogP contribution in [0.25, 0.3) is 0 Å². The van der Waals surface area contributed by atoms with Crippen LogP contribution in [-0.4, -0.2) is 52.8 Å². The Hall–Kier alpha value is -3.46. The lowest BCUT2D eigenvalue weighted by Crippen LogP contribution is -2.30. The zero-order valence-electron chi connectivity index (χ0n) is 19.5. The molecule has 1 atom stereocenters. The maximum Gasteiger partial charge on any atom is 0.254 e. The average molecular weight is 481 g/mol. The molecule has 1 N–H and O–H groups in total. The van der Waals surface area contributed by atoms with E-state index >= 15 is 0 Å². The van der Waals surface area contributed by atoms with E-state index in [1.54, 1.807) is 44.7 Å². The van der Waals surface area contributed by atoms with Crippen LogP contribution in [0.2, 0.25) is 0 Å². The van der Waals surface area contributed by atoms with E-state index in [2.05, 4.69) is 10.3 Å². The minimum atomic E-state index is -0.128. The number of thioether (sulfide) groups is 1. The van der Waals surface area contributed by atoms with Crippen molar-refractivity contribution >= 4 is 29.3 Å². The quantitative estimate of drug-likeness (QED) is 0.488. The Kier molecular flexibility index (Phi) is 7.42. The summed E-state index contributed by atoms with van der Waals surface area (Å²) in [5.74, 6) is 1.55. The molecular weight excluding hydrogens is 452 g/mol. The van der Waals surface area contributed by atoms with Crippen LogP contribution >= 0.6 is 11.8 Å². The number of methoxy groups -OCH3 is 2. The van der Waals surface area contributed by atoms with Crippen LogP contribution in [0.3, 0.4) is 0 Å². The van der Waals surface area contributed by atoms with Crippen molar-refractivity contribution in [2.75, 3.05) is 31.8 Å². The summed E-state index contributed by atoms with van der Waals surface area (Å²) < 4.78 is 12.8. The standard InChI is InChI=1S/C25H28N4O4S/c1-28-14-12-26-25(28)34-16-23(30)27-18-8-6-17(7-9-18)24(31)29-13-4-5-21(29)20-15-19(32-2)10-11-22(20)33-3/h6-12,14-15,21H,4-5,13,16H2,1-3H3,(H,27,30)/t21-/m1/s1. The Morgan fingerprint density at radius 1 is 1.15 bits per heavy atom. The van der Waals surface area contributed by atoms with E-state index in [1.807, 2.05) is 40.9 Å². The Morgan fingerprint density at radius 2 is 1.94 bits per heavy atom. The first-order valence-corrected chi connectivity index (χ1v) is 12.0. The number of ether oxygens (including phenoxy) is 2. The number of carbonyl (C=O) groups is 2. The molecule has 0 aliphatic carbocycles. The normalized spacial score (nSPS) is 15.3. The van der Waals surface area contributed by atoms with Gasteiger partial charge in [-0.05, 0) is 55.3 Å². The molecule has 1 aliphatic heterocycles. The second kappa shape index (κ2) is 10.6. The second-order valence-electron chi connectivity index (χ2n) is 8.00. The minimum Gasteiger partial charge on any atom is -0.497 e. The molecule has 34 heavy (non-hydrogen) atoms. The Morgan fingerprint density at radius 3 is 2.62 bits per heavy atom. The molecule has 1 fully saturated rings. The van der Waals surface area contributed by atoms with Gasteiger partial charge in [0, 0.05) is 42.8 Å². The van der Waals surface area contributed by atoms with Crippen molar-refractivity contribution in [2.45, 2.75) is 24.0 Å². The third kappa shape index (κ3) is 5.20. The lowest BCUT2D eigenvalue weighted by molar-refractivity contribution is -0.113. The first-order valence-electron chi connectivity index (χ1n) is 11.0. The molecule has 4 rings (SSSR count). The van der Waals surface area contributed by atoms with E-state index in [-0.39, 0.29) is 23.6 Å². The molecular formula is C25H28N4O4S. The highest BCUT2D eigenvalue weighted by Gasteiger charge is 2.32. The van der Waals surface area contributed by atoms with Crippen molar-refractivity contribution in [2.24, 2.45) is 7.05 Å². The molecule has 0 unspecified atom stereocenters. The number of rotatable bonds is 8. The van der Waals surface area contributed by atoms with Crippen LogP contribution in [0.5, 0.6) is 11.5 Å². The molecule has 8 nitrogen and oxygen atoms in total. The molecule has 0 radical (unpaired) electrons. The number of anilines is 1. The van der Waals surface area contributed by atoms with Crippen molar-refractivity contribution in [1.82, 2.24) is 14.5 Å². The van der Waals surface area contributed by atoms with E-state index in [4.69, 9.17) is 9.47 Å². The molecule has 0 bridgehead atoms. The van der Waals surface area contributed by atoms with Crippen LogP contribution in [0.1, 0.15) is 34.8 Å². The molecule has 2 heterocycles. The number of nitrogens with zero attached hydrogens (tertiary/aromatic N) is 3. The minimum absolute atomic E-state index is 0.0458. The molecule has 3 aromatic rings. The number of amides is 2. The van der Waals surface area contributed by atoms with E-state index in [0.29, 0.717) is 17.8 Å². The van der Waals surface area contributed by atoms with E-state index in [9.17, 15) is 9.59 Å². The van der Waals surface area contributed by atoms with Gasteiger partial charge in [0.1, 0.15) is 11.5 Å².